The van der Waals surface area contributed by atoms with E-state index in [0.29, 0.717) is 0 Å². The van der Waals surface area contributed by atoms with Gasteiger partial charge < -0.3 is 10.6 Å². The highest BCUT2D eigenvalue weighted by Crippen LogP contribution is 2.09. The van der Waals surface area contributed by atoms with Gasteiger partial charge in [-0.05, 0) is 23.9 Å². The number of nitrogens with one attached hydrogen (secondary N) is 2. The molecule has 1 aliphatic heterocycles. The highest BCUT2D eigenvalue weighted by Gasteiger charge is 2.09. The molecule has 1 aromatic rings. The molecule has 2 nitrogen and oxygen atoms in total. The topological polar surface area (TPSA) is 24.1 Å². The Kier molecular flexibility index (Phi) is 3.35. The van der Waals surface area contributed by atoms with Gasteiger partial charge in [0.2, 0.25) is 0 Å². The van der Waals surface area contributed by atoms with Crippen molar-refractivity contribution in [1.29, 1.82) is 0 Å². The molecule has 3 heteroatoms. The molecule has 76 valence electrons. The van der Waals surface area contributed by atoms with Gasteiger partial charge in [-0.1, -0.05) is 11.6 Å². The molecule has 0 atom stereocenters. The average Bonchev–Trinajstić information content (AvgIpc) is 2.53. The van der Waals surface area contributed by atoms with Crippen molar-refractivity contribution in [2.24, 2.45) is 0 Å². The summed E-state index contributed by atoms with van der Waals surface area (Å²) in [5.74, 6) is 0. The zero-order valence-corrected chi connectivity index (χ0v) is 9.29. The van der Waals surface area contributed by atoms with E-state index in [-0.39, 0.29) is 0 Å². The molecular formula is C11H16N2S. The third-order valence-corrected chi connectivity index (χ3v) is 3.43. The van der Waals surface area contributed by atoms with Crippen molar-refractivity contribution in [1.82, 2.24) is 10.6 Å². The van der Waals surface area contributed by atoms with Gasteiger partial charge in [-0.3, -0.25) is 0 Å². The molecular weight excluding hydrogens is 192 g/mol. The molecule has 14 heavy (non-hydrogen) atoms. The van der Waals surface area contributed by atoms with Crippen molar-refractivity contribution < 1.29 is 0 Å². The minimum atomic E-state index is 0.996. The van der Waals surface area contributed by atoms with Crippen LogP contribution >= 0.6 is 11.3 Å². The standard InChI is InChI=1S/C11H16N2S/c1-9(10-6-13-7-10)5-12-8-11-3-2-4-14-11/h2-4,12-13H,5-8H2,1H3. The van der Waals surface area contributed by atoms with Crippen molar-refractivity contribution in [2.45, 2.75) is 13.5 Å². The lowest BCUT2D eigenvalue weighted by Crippen LogP contribution is -2.36. The Balaban J connectivity index is 1.73. The van der Waals surface area contributed by atoms with Gasteiger partial charge >= 0.3 is 0 Å². The van der Waals surface area contributed by atoms with E-state index in [1.807, 2.05) is 11.3 Å². The molecule has 1 fully saturated rings. The van der Waals surface area contributed by atoms with Gasteiger partial charge in [0.25, 0.3) is 0 Å². The maximum atomic E-state index is 3.46. The van der Waals surface area contributed by atoms with E-state index in [1.165, 1.54) is 10.5 Å². The van der Waals surface area contributed by atoms with Gasteiger partial charge in [0.05, 0.1) is 0 Å². The smallest absolute Gasteiger partial charge is 0.0302 e. The largest absolute Gasteiger partial charge is 0.309 e. The maximum Gasteiger partial charge on any atom is 0.0302 e. The Morgan fingerprint density at radius 3 is 3.00 bits per heavy atom. The van der Waals surface area contributed by atoms with E-state index in [9.17, 15) is 0 Å². The van der Waals surface area contributed by atoms with Gasteiger partial charge in [0.1, 0.15) is 0 Å². The first-order valence-corrected chi connectivity index (χ1v) is 5.85. The lowest BCUT2D eigenvalue weighted by molar-refractivity contribution is 0.641. The zero-order valence-electron chi connectivity index (χ0n) is 8.47. The molecule has 2 N–H and O–H groups in total. The fraction of sp³-hybridized carbons (Fsp3) is 0.455. The van der Waals surface area contributed by atoms with Crippen LogP contribution in [0.25, 0.3) is 0 Å². The Morgan fingerprint density at radius 2 is 2.43 bits per heavy atom. The first kappa shape index (κ1) is 9.90. The van der Waals surface area contributed by atoms with Crippen LogP contribution in [0.4, 0.5) is 0 Å². The Hall–Kier alpha value is -0.640. The van der Waals surface area contributed by atoms with Crippen LogP contribution in [-0.4, -0.2) is 19.6 Å². The molecule has 0 unspecified atom stereocenters. The fourth-order valence-corrected chi connectivity index (χ4v) is 2.14. The Bertz CT molecular complexity index is 308. The van der Waals surface area contributed by atoms with E-state index in [1.54, 1.807) is 5.57 Å². The van der Waals surface area contributed by atoms with Crippen LogP contribution in [0.5, 0.6) is 0 Å². The van der Waals surface area contributed by atoms with Gasteiger partial charge in [-0.15, -0.1) is 11.3 Å². The monoisotopic (exact) mass is 208 g/mol. The van der Waals surface area contributed by atoms with Crippen LogP contribution in [0, 0.1) is 0 Å². The number of hydrogen-bond donors (Lipinski definition) is 2. The quantitative estimate of drug-likeness (QED) is 0.737. The second kappa shape index (κ2) is 4.73. The Morgan fingerprint density at radius 1 is 1.57 bits per heavy atom. The third kappa shape index (κ3) is 2.44. The molecule has 0 aromatic carbocycles. The number of rotatable bonds is 4. The van der Waals surface area contributed by atoms with E-state index < -0.39 is 0 Å². The zero-order chi connectivity index (χ0) is 9.80. The summed E-state index contributed by atoms with van der Waals surface area (Å²) in [5, 5.41) is 8.85. The molecule has 1 aromatic heterocycles. The molecule has 1 aliphatic rings. The first-order chi connectivity index (χ1) is 6.86. The van der Waals surface area contributed by atoms with Gasteiger partial charge in [-0.25, -0.2) is 0 Å². The molecule has 0 bridgehead atoms. The molecule has 1 saturated heterocycles. The van der Waals surface area contributed by atoms with E-state index in [0.717, 1.165) is 26.2 Å². The summed E-state index contributed by atoms with van der Waals surface area (Å²) in [6.45, 7) is 6.42. The summed E-state index contributed by atoms with van der Waals surface area (Å²) in [6.07, 6.45) is 0. The average molecular weight is 208 g/mol. The highest BCUT2D eigenvalue weighted by molar-refractivity contribution is 7.09. The van der Waals surface area contributed by atoms with Crippen LogP contribution in [0.15, 0.2) is 28.7 Å². The lowest BCUT2D eigenvalue weighted by atomic mass is 10.0. The molecule has 2 heterocycles. The van der Waals surface area contributed by atoms with Gasteiger partial charge in [-0.2, -0.15) is 0 Å². The second-order valence-corrected chi connectivity index (χ2v) is 4.70. The SMILES string of the molecule is CC(CNCc1cccs1)=C1CNC1. The van der Waals surface area contributed by atoms with Crippen molar-refractivity contribution in [2.75, 3.05) is 19.6 Å². The van der Waals surface area contributed by atoms with E-state index >= 15 is 0 Å². The van der Waals surface area contributed by atoms with Crippen LogP contribution < -0.4 is 10.6 Å². The Labute approximate surface area is 89.0 Å². The summed E-state index contributed by atoms with van der Waals surface area (Å²) in [6, 6.07) is 4.27. The van der Waals surface area contributed by atoms with E-state index in [2.05, 4.69) is 35.1 Å². The highest BCUT2D eigenvalue weighted by atomic mass is 32.1. The predicted octanol–water partition coefficient (Wildman–Crippen LogP) is 1.76. The summed E-state index contributed by atoms with van der Waals surface area (Å²) in [7, 11) is 0. The molecule has 0 saturated carbocycles. The fourth-order valence-electron chi connectivity index (χ4n) is 1.46. The van der Waals surface area contributed by atoms with E-state index in [4.69, 9.17) is 0 Å². The summed E-state index contributed by atoms with van der Waals surface area (Å²) in [5.41, 5.74) is 3.07. The first-order valence-electron chi connectivity index (χ1n) is 4.97. The van der Waals surface area contributed by atoms with Crippen LogP contribution in [0.2, 0.25) is 0 Å². The maximum absolute atomic E-state index is 3.46. The predicted molar refractivity (Wildman–Crippen MR) is 61.6 cm³/mol. The van der Waals surface area contributed by atoms with Crippen molar-refractivity contribution in [3.05, 3.63) is 33.5 Å². The lowest BCUT2D eigenvalue weighted by Gasteiger charge is -2.22. The molecule has 2 rings (SSSR count). The van der Waals surface area contributed by atoms with Gasteiger partial charge in [0, 0.05) is 31.1 Å². The van der Waals surface area contributed by atoms with Crippen molar-refractivity contribution in [3.63, 3.8) is 0 Å². The van der Waals surface area contributed by atoms with Crippen molar-refractivity contribution in [3.8, 4) is 0 Å². The summed E-state index contributed by atoms with van der Waals surface area (Å²) < 4.78 is 0. The third-order valence-electron chi connectivity index (χ3n) is 2.55. The number of thiophene rings is 1. The second-order valence-electron chi connectivity index (χ2n) is 3.67. The summed E-state index contributed by atoms with van der Waals surface area (Å²) >= 11 is 1.81. The molecule has 0 aliphatic carbocycles. The minimum absolute atomic E-state index is 0.996. The summed E-state index contributed by atoms with van der Waals surface area (Å²) in [4.78, 5) is 1.41. The normalized spacial score (nSPS) is 15.4. The van der Waals surface area contributed by atoms with Crippen LogP contribution in [0.1, 0.15) is 11.8 Å². The van der Waals surface area contributed by atoms with Gasteiger partial charge in [0.15, 0.2) is 0 Å². The van der Waals surface area contributed by atoms with Crippen LogP contribution in [-0.2, 0) is 6.54 Å². The van der Waals surface area contributed by atoms with Crippen molar-refractivity contribution >= 4 is 11.3 Å². The minimum Gasteiger partial charge on any atom is -0.309 e. The molecule has 0 amide bonds. The number of hydrogen-bond acceptors (Lipinski definition) is 3. The molecule has 0 spiro atoms. The van der Waals surface area contributed by atoms with Crippen LogP contribution in [0.3, 0.4) is 0 Å². The molecule has 0 radical (unpaired) electrons.